The van der Waals surface area contributed by atoms with Crippen LogP contribution in [0.15, 0.2) is 23.1 Å². The van der Waals surface area contributed by atoms with Crippen LogP contribution in [0.5, 0.6) is 5.75 Å². The number of rotatable bonds is 16. The molecule has 4 nitrogen and oxygen atoms in total. The minimum atomic E-state index is -4.24. The monoisotopic (exact) mass is 420 g/mol. The van der Waals surface area contributed by atoms with Gasteiger partial charge in [-0.1, -0.05) is 102 Å². The SMILES string of the molecule is CCCCCCCCCCCCCCCCc1cc(S(=O)(=O)O)ccc1[O-].[Na+]. The van der Waals surface area contributed by atoms with Crippen molar-refractivity contribution >= 4 is 10.1 Å². The van der Waals surface area contributed by atoms with Gasteiger partial charge in [0, 0.05) is 0 Å². The first-order valence-corrected chi connectivity index (χ1v) is 12.2. The van der Waals surface area contributed by atoms with Gasteiger partial charge in [0.05, 0.1) is 4.90 Å². The van der Waals surface area contributed by atoms with Crippen molar-refractivity contribution in [3.63, 3.8) is 0 Å². The zero-order chi connectivity index (χ0) is 20.0. The topological polar surface area (TPSA) is 77.4 Å². The van der Waals surface area contributed by atoms with Crippen molar-refractivity contribution < 1.29 is 47.6 Å². The van der Waals surface area contributed by atoms with Crippen molar-refractivity contribution in [2.75, 3.05) is 0 Å². The summed E-state index contributed by atoms with van der Waals surface area (Å²) in [5.41, 5.74) is 0.476. The van der Waals surface area contributed by atoms with Gasteiger partial charge in [-0.25, -0.2) is 0 Å². The van der Waals surface area contributed by atoms with Gasteiger partial charge in [-0.15, -0.1) is 5.75 Å². The largest absolute Gasteiger partial charge is 1.00 e. The van der Waals surface area contributed by atoms with Gasteiger partial charge in [-0.3, -0.25) is 4.55 Å². The second kappa shape index (κ2) is 16.7. The quantitative estimate of drug-likeness (QED) is 0.253. The predicted octanol–water partition coefficient (Wildman–Crippen LogP) is 3.03. The zero-order valence-corrected chi connectivity index (χ0v) is 20.7. The average Bonchev–Trinajstić information content (AvgIpc) is 2.62. The van der Waals surface area contributed by atoms with Crippen LogP contribution < -0.4 is 34.7 Å². The van der Waals surface area contributed by atoms with Crippen LogP contribution in [0.2, 0.25) is 0 Å². The van der Waals surface area contributed by atoms with Crippen molar-refractivity contribution in [2.24, 2.45) is 0 Å². The van der Waals surface area contributed by atoms with E-state index in [4.69, 9.17) is 4.55 Å². The molecule has 0 unspecified atom stereocenters. The van der Waals surface area contributed by atoms with E-state index >= 15 is 0 Å². The van der Waals surface area contributed by atoms with Gasteiger partial charge in [-0.05, 0) is 25.0 Å². The summed E-state index contributed by atoms with van der Waals surface area (Å²) in [6, 6.07) is 3.69. The molecule has 6 heteroatoms. The maximum absolute atomic E-state index is 11.8. The Morgan fingerprint density at radius 2 is 1.21 bits per heavy atom. The summed E-state index contributed by atoms with van der Waals surface area (Å²) in [6.07, 6.45) is 18.4. The van der Waals surface area contributed by atoms with Gasteiger partial charge in [0.15, 0.2) is 0 Å². The summed E-state index contributed by atoms with van der Waals surface area (Å²) in [6.45, 7) is 2.25. The first-order chi connectivity index (χ1) is 12.9. The van der Waals surface area contributed by atoms with E-state index < -0.39 is 10.1 Å². The molecule has 1 aromatic carbocycles. The second-order valence-electron chi connectivity index (χ2n) is 7.59. The summed E-state index contributed by atoms with van der Waals surface area (Å²) in [5, 5.41) is 11.8. The van der Waals surface area contributed by atoms with Crippen molar-refractivity contribution in [3.05, 3.63) is 23.8 Å². The minimum Gasteiger partial charge on any atom is -0.872 e. The van der Waals surface area contributed by atoms with Crippen LogP contribution in [0.4, 0.5) is 0 Å². The molecule has 1 N–H and O–H groups in total. The Balaban J connectivity index is 0.00000729. The van der Waals surface area contributed by atoms with Crippen LogP contribution in [-0.2, 0) is 16.5 Å². The van der Waals surface area contributed by atoms with Crippen molar-refractivity contribution in [3.8, 4) is 5.75 Å². The molecule has 0 spiro atoms. The van der Waals surface area contributed by atoms with Crippen LogP contribution in [0, 0.1) is 0 Å². The Morgan fingerprint density at radius 1 is 0.786 bits per heavy atom. The van der Waals surface area contributed by atoms with E-state index in [1.165, 1.54) is 82.8 Å². The molecule has 0 saturated heterocycles. The first-order valence-electron chi connectivity index (χ1n) is 10.7. The van der Waals surface area contributed by atoms with E-state index in [-0.39, 0.29) is 40.2 Å². The number of benzene rings is 1. The number of hydrogen-bond donors (Lipinski definition) is 1. The van der Waals surface area contributed by atoms with Gasteiger partial charge in [0.2, 0.25) is 0 Å². The van der Waals surface area contributed by atoms with Gasteiger partial charge >= 0.3 is 29.6 Å². The smallest absolute Gasteiger partial charge is 0.872 e. The standard InChI is InChI=1S/C22H38O4S.Na/c1-2-3-4-5-6-7-8-9-10-11-12-13-14-15-16-20-19-21(27(24,25)26)17-18-22(20)23;/h17-19,23H,2-16H2,1H3,(H,24,25,26);/q;+1/p-1. The maximum Gasteiger partial charge on any atom is 1.00 e. The fourth-order valence-corrected chi connectivity index (χ4v) is 3.95. The van der Waals surface area contributed by atoms with Gasteiger partial charge < -0.3 is 5.11 Å². The second-order valence-corrected chi connectivity index (χ2v) is 9.01. The molecule has 0 bridgehead atoms. The number of hydrogen-bond acceptors (Lipinski definition) is 3. The van der Waals surface area contributed by atoms with Crippen LogP contribution >= 0.6 is 0 Å². The summed E-state index contributed by atoms with van der Waals surface area (Å²) < 4.78 is 31.4. The average molecular weight is 421 g/mol. The molecule has 0 saturated carbocycles. The molecule has 0 aliphatic heterocycles. The van der Waals surface area contributed by atoms with Crippen LogP contribution in [-0.4, -0.2) is 13.0 Å². The molecule has 0 aromatic heterocycles. The summed E-state index contributed by atoms with van der Waals surface area (Å²) >= 11 is 0. The van der Waals surface area contributed by atoms with Gasteiger partial charge in [0.25, 0.3) is 10.1 Å². The third-order valence-electron chi connectivity index (χ3n) is 5.13. The normalized spacial score (nSPS) is 11.4. The van der Waals surface area contributed by atoms with Gasteiger partial charge in [-0.2, -0.15) is 8.42 Å². The summed E-state index contributed by atoms with van der Waals surface area (Å²) in [7, 11) is -4.24. The third-order valence-corrected chi connectivity index (χ3v) is 5.98. The van der Waals surface area contributed by atoms with Crippen molar-refractivity contribution in [1.29, 1.82) is 0 Å². The summed E-state index contributed by atoms with van der Waals surface area (Å²) in [4.78, 5) is -0.192. The van der Waals surface area contributed by atoms with Gasteiger partial charge in [0.1, 0.15) is 0 Å². The zero-order valence-electron chi connectivity index (χ0n) is 17.9. The fraction of sp³-hybridized carbons (Fsp3) is 0.727. The van der Waals surface area contributed by atoms with Crippen LogP contribution in [0.25, 0.3) is 0 Å². The Hall–Kier alpha value is -0.0700. The Labute approximate surface area is 194 Å². The molecule has 1 rings (SSSR count). The molecule has 0 radical (unpaired) electrons. The van der Waals surface area contributed by atoms with Crippen LogP contribution in [0.3, 0.4) is 0 Å². The third kappa shape index (κ3) is 13.2. The van der Waals surface area contributed by atoms with Crippen molar-refractivity contribution in [2.45, 2.75) is 108 Å². The molecule has 0 atom stereocenters. The molecule has 1 aromatic rings. The van der Waals surface area contributed by atoms with E-state index in [1.807, 2.05) is 0 Å². The Bertz CT molecular complexity index is 617. The number of unbranched alkanes of at least 4 members (excludes halogenated alkanes) is 13. The van der Waals surface area contributed by atoms with Crippen molar-refractivity contribution in [1.82, 2.24) is 0 Å². The minimum absolute atomic E-state index is 0. The molecule has 0 aliphatic rings. The molecular formula is C22H37NaO4S. The van der Waals surface area contributed by atoms with E-state index in [2.05, 4.69) is 6.92 Å². The molecule has 28 heavy (non-hydrogen) atoms. The molecule has 0 amide bonds. The van der Waals surface area contributed by atoms with E-state index in [0.29, 0.717) is 12.0 Å². The molecule has 0 heterocycles. The fourth-order valence-electron chi connectivity index (χ4n) is 3.42. The first kappa shape index (κ1) is 27.9. The Kier molecular flexibility index (Phi) is 16.7. The molecule has 0 fully saturated rings. The van der Waals surface area contributed by atoms with E-state index in [9.17, 15) is 13.5 Å². The predicted molar refractivity (Wildman–Crippen MR) is 110 cm³/mol. The molecule has 0 aliphatic carbocycles. The summed E-state index contributed by atoms with van der Waals surface area (Å²) in [5.74, 6) is -0.155. The molecule has 156 valence electrons. The van der Waals surface area contributed by atoms with Crippen LogP contribution in [0.1, 0.15) is 102 Å². The number of aryl methyl sites for hydroxylation is 1. The molecular weight excluding hydrogens is 383 g/mol. The Morgan fingerprint density at radius 3 is 1.64 bits per heavy atom. The maximum atomic E-state index is 11.8. The van der Waals surface area contributed by atoms with E-state index in [0.717, 1.165) is 25.3 Å². The van der Waals surface area contributed by atoms with E-state index in [1.54, 1.807) is 0 Å².